The Hall–Kier alpha value is -1.09. The fourth-order valence-corrected chi connectivity index (χ4v) is 1.81. The van der Waals surface area contributed by atoms with E-state index >= 15 is 0 Å². The van der Waals surface area contributed by atoms with E-state index in [1.807, 2.05) is 6.07 Å². The van der Waals surface area contributed by atoms with Crippen molar-refractivity contribution >= 4 is 17.3 Å². The van der Waals surface area contributed by atoms with E-state index in [4.69, 9.17) is 11.6 Å². The molecule has 0 aliphatic carbocycles. The lowest BCUT2D eigenvalue weighted by Crippen LogP contribution is -1.99. The average Bonchev–Trinajstić information content (AvgIpc) is 2.25. The van der Waals surface area contributed by atoms with E-state index in [9.17, 15) is 10.1 Å². The zero-order valence-electron chi connectivity index (χ0n) is 8.70. The lowest BCUT2D eigenvalue weighted by atomic mass is 10.0. The molecule has 0 saturated heterocycles. The zero-order chi connectivity index (χ0) is 11.3. The topological polar surface area (TPSA) is 43.1 Å². The van der Waals surface area contributed by atoms with E-state index < -0.39 is 0 Å². The Kier molecular flexibility index (Phi) is 4.56. The van der Waals surface area contributed by atoms with Crippen molar-refractivity contribution in [2.45, 2.75) is 32.1 Å². The van der Waals surface area contributed by atoms with Gasteiger partial charge in [0.1, 0.15) is 0 Å². The summed E-state index contributed by atoms with van der Waals surface area (Å²) in [6.45, 7) is 2.06. The summed E-state index contributed by atoms with van der Waals surface area (Å²) < 4.78 is 0. The molecule has 82 valence electrons. The molecule has 0 saturated carbocycles. The van der Waals surface area contributed by atoms with E-state index in [2.05, 4.69) is 6.92 Å². The van der Waals surface area contributed by atoms with Crippen LogP contribution in [-0.2, 0) is 12.3 Å². The molecule has 0 N–H and O–H groups in total. The van der Waals surface area contributed by atoms with Gasteiger partial charge in [-0.2, -0.15) is 0 Å². The SMILES string of the molecule is CCCCc1c(CCl)cccc1[N+](=O)[O-]. The number of nitrogens with zero attached hydrogens (tertiary/aromatic N) is 1. The van der Waals surface area contributed by atoms with Crippen LogP contribution in [0.15, 0.2) is 18.2 Å². The van der Waals surface area contributed by atoms with E-state index in [0.29, 0.717) is 5.88 Å². The van der Waals surface area contributed by atoms with Gasteiger partial charge in [0.05, 0.1) is 4.92 Å². The second-order valence-electron chi connectivity index (χ2n) is 3.41. The van der Waals surface area contributed by atoms with Crippen molar-refractivity contribution in [3.8, 4) is 0 Å². The van der Waals surface area contributed by atoms with Crippen molar-refractivity contribution < 1.29 is 4.92 Å². The van der Waals surface area contributed by atoms with Crippen molar-refractivity contribution in [3.63, 3.8) is 0 Å². The first-order chi connectivity index (χ1) is 7.20. The Morgan fingerprint density at radius 2 is 2.20 bits per heavy atom. The number of rotatable bonds is 5. The summed E-state index contributed by atoms with van der Waals surface area (Å²) >= 11 is 5.77. The second-order valence-corrected chi connectivity index (χ2v) is 3.68. The highest BCUT2D eigenvalue weighted by Gasteiger charge is 2.15. The Morgan fingerprint density at radius 1 is 1.47 bits per heavy atom. The molecule has 0 radical (unpaired) electrons. The van der Waals surface area contributed by atoms with E-state index in [-0.39, 0.29) is 10.6 Å². The summed E-state index contributed by atoms with van der Waals surface area (Å²) in [4.78, 5) is 10.5. The molecular weight excluding hydrogens is 214 g/mol. The van der Waals surface area contributed by atoms with Gasteiger partial charge >= 0.3 is 0 Å². The van der Waals surface area contributed by atoms with Crippen molar-refractivity contribution in [3.05, 3.63) is 39.4 Å². The van der Waals surface area contributed by atoms with Gasteiger partial charge in [-0.25, -0.2) is 0 Å². The van der Waals surface area contributed by atoms with Gasteiger partial charge in [-0.05, 0) is 18.4 Å². The highest BCUT2D eigenvalue weighted by molar-refractivity contribution is 6.17. The summed E-state index contributed by atoms with van der Waals surface area (Å²) in [5.41, 5.74) is 1.86. The van der Waals surface area contributed by atoms with E-state index in [0.717, 1.165) is 30.4 Å². The minimum Gasteiger partial charge on any atom is -0.258 e. The maximum atomic E-state index is 10.8. The Labute approximate surface area is 94.2 Å². The number of nitro groups is 1. The largest absolute Gasteiger partial charge is 0.272 e. The van der Waals surface area contributed by atoms with Crippen LogP contribution in [0.4, 0.5) is 5.69 Å². The number of hydrogen-bond donors (Lipinski definition) is 0. The van der Waals surface area contributed by atoms with Crippen molar-refractivity contribution in [1.82, 2.24) is 0 Å². The number of halogens is 1. The maximum Gasteiger partial charge on any atom is 0.272 e. The standard InChI is InChI=1S/C11H14ClNO2/c1-2-3-6-10-9(8-12)5-4-7-11(10)13(14)15/h4-5,7H,2-3,6,8H2,1H3. The summed E-state index contributed by atoms with van der Waals surface area (Å²) in [6, 6.07) is 5.08. The number of unbranched alkanes of at least 4 members (excludes halogenated alkanes) is 1. The third-order valence-corrected chi connectivity index (χ3v) is 2.66. The molecule has 0 aliphatic heterocycles. The van der Waals surface area contributed by atoms with Crippen LogP contribution in [0.1, 0.15) is 30.9 Å². The highest BCUT2D eigenvalue weighted by atomic mass is 35.5. The lowest BCUT2D eigenvalue weighted by molar-refractivity contribution is -0.385. The van der Waals surface area contributed by atoms with Crippen LogP contribution < -0.4 is 0 Å². The summed E-state index contributed by atoms with van der Waals surface area (Å²) in [5, 5.41) is 10.8. The smallest absolute Gasteiger partial charge is 0.258 e. The molecule has 1 aromatic carbocycles. The number of benzene rings is 1. The minimum atomic E-state index is -0.332. The van der Waals surface area contributed by atoms with Gasteiger partial charge in [-0.3, -0.25) is 10.1 Å². The molecule has 0 fully saturated rings. The molecule has 4 heteroatoms. The summed E-state index contributed by atoms with van der Waals surface area (Å²) in [7, 11) is 0. The predicted octanol–water partition coefficient (Wildman–Crippen LogP) is 3.68. The normalized spacial score (nSPS) is 10.3. The fourth-order valence-electron chi connectivity index (χ4n) is 1.56. The molecule has 0 spiro atoms. The quantitative estimate of drug-likeness (QED) is 0.438. The van der Waals surface area contributed by atoms with Crippen molar-refractivity contribution in [2.24, 2.45) is 0 Å². The molecular formula is C11H14ClNO2. The van der Waals surface area contributed by atoms with Gasteiger partial charge in [0.2, 0.25) is 0 Å². The highest BCUT2D eigenvalue weighted by Crippen LogP contribution is 2.25. The van der Waals surface area contributed by atoms with Crippen LogP contribution in [-0.4, -0.2) is 4.92 Å². The third-order valence-electron chi connectivity index (χ3n) is 2.37. The Morgan fingerprint density at radius 3 is 2.73 bits per heavy atom. The van der Waals surface area contributed by atoms with Gasteiger partial charge in [-0.1, -0.05) is 25.5 Å². The zero-order valence-corrected chi connectivity index (χ0v) is 9.46. The number of nitro benzene ring substituents is 1. The predicted molar refractivity (Wildman–Crippen MR) is 61.3 cm³/mol. The molecule has 0 bridgehead atoms. The number of hydrogen-bond acceptors (Lipinski definition) is 2. The molecule has 15 heavy (non-hydrogen) atoms. The van der Waals surface area contributed by atoms with Gasteiger partial charge in [-0.15, -0.1) is 11.6 Å². The van der Waals surface area contributed by atoms with Crippen LogP contribution in [0.3, 0.4) is 0 Å². The second kappa shape index (κ2) is 5.71. The minimum absolute atomic E-state index is 0.196. The summed E-state index contributed by atoms with van der Waals surface area (Å²) in [6.07, 6.45) is 2.71. The van der Waals surface area contributed by atoms with Gasteiger partial charge in [0, 0.05) is 17.5 Å². The first-order valence-corrected chi connectivity index (χ1v) is 5.55. The van der Waals surface area contributed by atoms with Crippen LogP contribution in [0.25, 0.3) is 0 Å². The molecule has 0 aromatic heterocycles. The Bertz CT molecular complexity index is 352. The summed E-state index contributed by atoms with van der Waals surface area (Å²) in [5.74, 6) is 0.334. The van der Waals surface area contributed by atoms with Crippen LogP contribution in [0.2, 0.25) is 0 Å². The third kappa shape index (κ3) is 2.93. The molecule has 1 rings (SSSR count). The molecule has 0 atom stereocenters. The average molecular weight is 228 g/mol. The molecule has 0 aliphatic rings. The first kappa shape index (κ1) is 12.0. The van der Waals surface area contributed by atoms with Gasteiger partial charge in [0.15, 0.2) is 0 Å². The van der Waals surface area contributed by atoms with Crippen molar-refractivity contribution in [2.75, 3.05) is 0 Å². The van der Waals surface area contributed by atoms with Gasteiger partial charge < -0.3 is 0 Å². The molecule has 0 unspecified atom stereocenters. The maximum absolute atomic E-state index is 10.8. The van der Waals surface area contributed by atoms with Crippen LogP contribution >= 0.6 is 11.6 Å². The van der Waals surface area contributed by atoms with E-state index in [1.54, 1.807) is 12.1 Å². The van der Waals surface area contributed by atoms with E-state index in [1.165, 1.54) is 0 Å². The molecule has 1 aromatic rings. The van der Waals surface area contributed by atoms with Gasteiger partial charge in [0.25, 0.3) is 5.69 Å². The molecule has 3 nitrogen and oxygen atoms in total. The van der Waals surface area contributed by atoms with Crippen molar-refractivity contribution in [1.29, 1.82) is 0 Å². The van der Waals surface area contributed by atoms with Crippen LogP contribution in [0.5, 0.6) is 0 Å². The van der Waals surface area contributed by atoms with Crippen LogP contribution in [0, 0.1) is 10.1 Å². The molecule has 0 heterocycles. The Balaban J connectivity index is 3.08. The first-order valence-electron chi connectivity index (χ1n) is 5.01. The molecule has 0 amide bonds. The number of alkyl halides is 1. The lowest BCUT2D eigenvalue weighted by Gasteiger charge is -2.06. The monoisotopic (exact) mass is 227 g/mol. The fraction of sp³-hybridized carbons (Fsp3) is 0.455.